The first-order chi connectivity index (χ1) is 5.52. The minimum absolute atomic E-state index is 0.0949. The van der Waals surface area contributed by atoms with E-state index in [-0.39, 0.29) is 11.8 Å². The molecule has 1 rings (SSSR count). The Bertz CT molecular complexity index is 210. The van der Waals surface area contributed by atoms with E-state index in [1.807, 2.05) is 7.05 Å². The van der Waals surface area contributed by atoms with Crippen LogP contribution in [0.1, 0.15) is 20.3 Å². The van der Waals surface area contributed by atoms with Gasteiger partial charge in [-0.2, -0.15) is 0 Å². The molecule has 68 valence electrons. The van der Waals surface area contributed by atoms with Gasteiger partial charge in [0.1, 0.15) is 0 Å². The topological polar surface area (TPSA) is 20.3 Å². The van der Waals surface area contributed by atoms with Crippen LogP contribution in [0, 0.1) is 5.92 Å². The molecular formula is C10H17NO. The quantitative estimate of drug-likeness (QED) is 0.580. The number of hydrogen-bond acceptors (Lipinski definition) is 2. The third-order valence-electron chi connectivity index (χ3n) is 2.48. The zero-order valence-electron chi connectivity index (χ0n) is 8.13. The molecule has 0 aliphatic carbocycles. The number of rotatable bonds is 2. The molecule has 1 saturated heterocycles. The minimum atomic E-state index is 0.0949. The number of carbonyl (C=O) groups is 1. The zero-order chi connectivity index (χ0) is 9.30. The van der Waals surface area contributed by atoms with E-state index in [0.717, 1.165) is 13.0 Å². The van der Waals surface area contributed by atoms with Gasteiger partial charge in [-0.25, -0.2) is 0 Å². The molecule has 1 aliphatic heterocycles. The standard InChI is InChI=1S/C10H17NO/c1-7(2)10(12)9-5-8(3)6-11(9)4/h8-9H,1,5-6H2,2-4H3. The Hall–Kier alpha value is -0.630. The van der Waals surface area contributed by atoms with Gasteiger partial charge in [-0.05, 0) is 31.9 Å². The Morgan fingerprint density at radius 3 is 2.50 bits per heavy atom. The van der Waals surface area contributed by atoms with Crippen molar-refractivity contribution in [2.24, 2.45) is 5.92 Å². The van der Waals surface area contributed by atoms with Crippen molar-refractivity contribution in [1.82, 2.24) is 4.90 Å². The second kappa shape index (κ2) is 3.40. The van der Waals surface area contributed by atoms with Crippen LogP contribution in [-0.4, -0.2) is 30.3 Å². The largest absolute Gasteiger partial charge is 0.296 e. The van der Waals surface area contributed by atoms with Crippen LogP contribution in [0.5, 0.6) is 0 Å². The number of ketones is 1. The van der Waals surface area contributed by atoms with E-state index in [1.54, 1.807) is 6.92 Å². The van der Waals surface area contributed by atoms with E-state index in [0.29, 0.717) is 11.5 Å². The summed E-state index contributed by atoms with van der Waals surface area (Å²) in [7, 11) is 2.01. The van der Waals surface area contributed by atoms with Crippen molar-refractivity contribution in [3.8, 4) is 0 Å². The molecular weight excluding hydrogens is 150 g/mol. The van der Waals surface area contributed by atoms with Crippen molar-refractivity contribution in [1.29, 1.82) is 0 Å². The summed E-state index contributed by atoms with van der Waals surface area (Å²) in [6.07, 6.45) is 0.988. The molecule has 2 atom stereocenters. The van der Waals surface area contributed by atoms with Gasteiger partial charge < -0.3 is 0 Å². The highest BCUT2D eigenvalue weighted by Crippen LogP contribution is 2.22. The lowest BCUT2D eigenvalue weighted by atomic mass is 10.0. The predicted octanol–water partition coefficient (Wildman–Crippen LogP) is 1.47. The molecule has 2 heteroatoms. The Balaban J connectivity index is 2.64. The van der Waals surface area contributed by atoms with Crippen LogP contribution in [0.25, 0.3) is 0 Å². The lowest BCUT2D eigenvalue weighted by molar-refractivity contribution is -0.119. The molecule has 0 N–H and O–H groups in total. The average Bonchev–Trinajstić information content (AvgIpc) is 2.28. The first-order valence-electron chi connectivity index (χ1n) is 4.42. The molecule has 0 saturated carbocycles. The van der Waals surface area contributed by atoms with Crippen LogP contribution in [0.2, 0.25) is 0 Å². The number of nitrogens with zero attached hydrogens (tertiary/aromatic N) is 1. The maximum atomic E-state index is 11.6. The third kappa shape index (κ3) is 1.75. The van der Waals surface area contributed by atoms with Gasteiger partial charge in [-0.15, -0.1) is 0 Å². The molecule has 12 heavy (non-hydrogen) atoms. The SMILES string of the molecule is C=C(C)C(=O)C1CC(C)CN1C. The molecule has 0 spiro atoms. The van der Waals surface area contributed by atoms with Gasteiger partial charge in [0.15, 0.2) is 5.78 Å². The molecule has 1 fully saturated rings. The maximum Gasteiger partial charge on any atom is 0.175 e. The van der Waals surface area contributed by atoms with Crippen LogP contribution in [0.15, 0.2) is 12.2 Å². The first kappa shape index (κ1) is 9.46. The van der Waals surface area contributed by atoms with Crippen molar-refractivity contribution in [2.45, 2.75) is 26.3 Å². The summed E-state index contributed by atoms with van der Waals surface area (Å²) in [5.74, 6) is 0.852. The van der Waals surface area contributed by atoms with Gasteiger partial charge in [0.2, 0.25) is 0 Å². The highest BCUT2D eigenvalue weighted by atomic mass is 16.1. The molecule has 0 bridgehead atoms. The van der Waals surface area contributed by atoms with Crippen molar-refractivity contribution >= 4 is 5.78 Å². The molecule has 0 aromatic carbocycles. The average molecular weight is 167 g/mol. The van der Waals surface area contributed by atoms with Gasteiger partial charge in [0.25, 0.3) is 0 Å². The van der Waals surface area contributed by atoms with Crippen LogP contribution >= 0.6 is 0 Å². The second-order valence-corrected chi connectivity index (χ2v) is 3.94. The first-order valence-corrected chi connectivity index (χ1v) is 4.42. The fraction of sp³-hybridized carbons (Fsp3) is 0.700. The summed E-state index contributed by atoms with van der Waals surface area (Å²) in [4.78, 5) is 13.7. The van der Waals surface area contributed by atoms with Crippen LogP contribution in [0.4, 0.5) is 0 Å². The van der Waals surface area contributed by atoms with Crippen molar-refractivity contribution in [3.05, 3.63) is 12.2 Å². The molecule has 1 heterocycles. The smallest absolute Gasteiger partial charge is 0.175 e. The van der Waals surface area contributed by atoms with Crippen LogP contribution in [0.3, 0.4) is 0 Å². The fourth-order valence-electron chi connectivity index (χ4n) is 1.85. The summed E-state index contributed by atoms with van der Waals surface area (Å²) >= 11 is 0. The van der Waals surface area contributed by atoms with Crippen molar-refractivity contribution in [3.63, 3.8) is 0 Å². The van der Waals surface area contributed by atoms with Crippen molar-refractivity contribution < 1.29 is 4.79 Å². The van der Waals surface area contributed by atoms with Gasteiger partial charge >= 0.3 is 0 Å². The summed E-state index contributed by atoms with van der Waals surface area (Å²) < 4.78 is 0. The Morgan fingerprint density at radius 2 is 2.17 bits per heavy atom. The molecule has 0 radical (unpaired) electrons. The molecule has 0 amide bonds. The summed E-state index contributed by atoms with van der Waals surface area (Å²) in [6, 6.07) is 0.0949. The van der Waals surface area contributed by atoms with E-state index in [2.05, 4.69) is 18.4 Å². The summed E-state index contributed by atoms with van der Waals surface area (Å²) in [5.41, 5.74) is 0.681. The van der Waals surface area contributed by atoms with E-state index in [1.165, 1.54) is 0 Å². The zero-order valence-corrected chi connectivity index (χ0v) is 8.13. The molecule has 2 unspecified atom stereocenters. The minimum Gasteiger partial charge on any atom is -0.296 e. The molecule has 2 nitrogen and oxygen atoms in total. The normalized spacial score (nSPS) is 30.6. The number of likely N-dealkylation sites (N-methyl/N-ethyl adjacent to an activating group) is 1. The lowest BCUT2D eigenvalue weighted by Gasteiger charge is -2.17. The van der Waals surface area contributed by atoms with Crippen molar-refractivity contribution in [2.75, 3.05) is 13.6 Å². The maximum absolute atomic E-state index is 11.6. The van der Waals surface area contributed by atoms with Crippen LogP contribution in [-0.2, 0) is 4.79 Å². The Morgan fingerprint density at radius 1 is 1.58 bits per heavy atom. The highest BCUT2D eigenvalue weighted by molar-refractivity contribution is 5.98. The van der Waals surface area contributed by atoms with Gasteiger partial charge in [-0.1, -0.05) is 13.5 Å². The summed E-state index contributed by atoms with van der Waals surface area (Å²) in [6.45, 7) is 8.69. The number of hydrogen-bond donors (Lipinski definition) is 0. The van der Waals surface area contributed by atoms with E-state index >= 15 is 0 Å². The highest BCUT2D eigenvalue weighted by Gasteiger charge is 2.31. The fourth-order valence-corrected chi connectivity index (χ4v) is 1.85. The monoisotopic (exact) mass is 167 g/mol. The number of Topliss-reactive ketones (excluding diaryl/α,β-unsaturated/α-hetero) is 1. The van der Waals surface area contributed by atoms with E-state index in [4.69, 9.17) is 0 Å². The second-order valence-electron chi connectivity index (χ2n) is 3.94. The Labute approximate surface area is 74.2 Å². The Kier molecular flexibility index (Phi) is 2.68. The number of likely N-dealkylation sites (tertiary alicyclic amines) is 1. The lowest BCUT2D eigenvalue weighted by Crippen LogP contribution is -2.33. The van der Waals surface area contributed by atoms with Gasteiger partial charge in [-0.3, -0.25) is 9.69 Å². The van der Waals surface area contributed by atoms with Crippen LogP contribution < -0.4 is 0 Å². The molecule has 0 aromatic heterocycles. The number of carbonyl (C=O) groups excluding carboxylic acids is 1. The van der Waals surface area contributed by atoms with E-state index in [9.17, 15) is 4.79 Å². The molecule has 0 aromatic rings. The summed E-state index contributed by atoms with van der Waals surface area (Å²) in [5, 5.41) is 0. The third-order valence-corrected chi connectivity index (χ3v) is 2.48. The predicted molar refractivity (Wildman–Crippen MR) is 50.0 cm³/mol. The van der Waals surface area contributed by atoms with Gasteiger partial charge in [0, 0.05) is 6.54 Å². The van der Waals surface area contributed by atoms with E-state index < -0.39 is 0 Å². The molecule has 1 aliphatic rings. The van der Waals surface area contributed by atoms with Gasteiger partial charge in [0.05, 0.1) is 6.04 Å².